The molecule has 0 fully saturated rings. The van der Waals surface area contributed by atoms with E-state index in [0.29, 0.717) is 16.7 Å². The van der Waals surface area contributed by atoms with Crippen molar-refractivity contribution in [2.75, 3.05) is 5.32 Å². The Morgan fingerprint density at radius 1 is 1.04 bits per heavy atom. The summed E-state index contributed by atoms with van der Waals surface area (Å²) in [5.41, 5.74) is 2.16. The predicted octanol–water partition coefficient (Wildman–Crippen LogP) is 4.54. The Bertz CT molecular complexity index is 878. The van der Waals surface area contributed by atoms with Crippen LogP contribution in [0.25, 0.3) is 0 Å². The number of anilines is 2. The van der Waals surface area contributed by atoms with Crippen molar-refractivity contribution in [3.63, 3.8) is 0 Å². The molecule has 1 aromatic heterocycles. The zero-order valence-electron chi connectivity index (χ0n) is 12.2. The van der Waals surface area contributed by atoms with E-state index < -0.39 is 0 Å². The van der Waals surface area contributed by atoms with Crippen LogP contribution in [0.1, 0.15) is 5.56 Å². The van der Waals surface area contributed by atoms with Crippen LogP contribution in [0.3, 0.4) is 0 Å². The second kappa shape index (κ2) is 6.79. The first kappa shape index (κ1) is 15.5. The van der Waals surface area contributed by atoms with Gasteiger partial charge in [-0.2, -0.15) is 0 Å². The Morgan fingerprint density at radius 3 is 2.57 bits per heavy atom. The Morgan fingerprint density at radius 2 is 1.83 bits per heavy atom. The highest BCUT2D eigenvalue weighted by Gasteiger charge is 2.08. The maximum Gasteiger partial charge on any atom is 0.267 e. The molecule has 0 saturated carbocycles. The van der Waals surface area contributed by atoms with E-state index >= 15 is 0 Å². The van der Waals surface area contributed by atoms with Crippen LogP contribution in [-0.2, 0) is 6.54 Å². The van der Waals surface area contributed by atoms with Crippen LogP contribution in [0, 0.1) is 5.82 Å². The van der Waals surface area contributed by atoms with Gasteiger partial charge in [0, 0.05) is 11.9 Å². The monoisotopic (exact) mass is 372 g/mol. The van der Waals surface area contributed by atoms with Crippen LogP contribution >= 0.6 is 15.9 Å². The number of rotatable bonds is 4. The third kappa shape index (κ3) is 3.68. The first-order valence-corrected chi connectivity index (χ1v) is 7.88. The van der Waals surface area contributed by atoms with Crippen molar-refractivity contribution in [2.24, 2.45) is 0 Å². The van der Waals surface area contributed by atoms with Crippen molar-refractivity contribution in [1.82, 2.24) is 4.57 Å². The van der Waals surface area contributed by atoms with Crippen LogP contribution < -0.4 is 10.9 Å². The molecule has 0 bridgehead atoms. The molecule has 0 amide bonds. The minimum absolute atomic E-state index is 0.171. The number of aromatic nitrogens is 1. The van der Waals surface area contributed by atoms with Crippen LogP contribution in [0.4, 0.5) is 15.8 Å². The highest BCUT2D eigenvalue weighted by molar-refractivity contribution is 9.10. The fourth-order valence-corrected chi connectivity index (χ4v) is 2.74. The lowest BCUT2D eigenvalue weighted by molar-refractivity contribution is 0.622. The zero-order chi connectivity index (χ0) is 16.2. The molecule has 0 atom stereocenters. The molecule has 0 unspecified atom stereocenters. The third-order valence-corrected chi connectivity index (χ3v) is 4.17. The summed E-state index contributed by atoms with van der Waals surface area (Å²) in [5, 5.41) is 3.19. The summed E-state index contributed by atoms with van der Waals surface area (Å²) in [7, 11) is 0. The average molecular weight is 373 g/mol. The van der Waals surface area contributed by atoms with Crippen molar-refractivity contribution >= 4 is 27.3 Å². The molecule has 0 radical (unpaired) electrons. The molecule has 0 aliphatic rings. The highest BCUT2D eigenvalue weighted by Crippen LogP contribution is 2.22. The molecule has 0 aliphatic carbocycles. The van der Waals surface area contributed by atoms with E-state index in [1.54, 1.807) is 18.3 Å². The lowest BCUT2D eigenvalue weighted by Crippen LogP contribution is -2.21. The van der Waals surface area contributed by atoms with Crippen molar-refractivity contribution in [3.8, 4) is 0 Å². The van der Waals surface area contributed by atoms with Crippen molar-refractivity contribution < 1.29 is 4.39 Å². The van der Waals surface area contributed by atoms with Gasteiger partial charge < -0.3 is 9.88 Å². The molecule has 0 spiro atoms. The van der Waals surface area contributed by atoms with E-state index in [1.807, 2.05) is 36.4 Å². The second-order valence-corrected chi connectivity index (χ2v) is 5.89. The molecule has 1 N–H and O–H groups in total. The van der Waals surface area contributed by atoms with E-state index in [2.05, 4.69) is 21.2 Å². The van der Waals surface area contributed by atoms with Gasteiger partial charge in [-0.3, -0.25) is 4.79 Å². The smallest absolute Gasteiger partial charge is 0.267 e. The minimum Gasteiger partial charge on any atom is -0.354 e. The molecular formula is C18H14BrFN2O. The summed E-state index contributed by atoms with van der Waals surface area (Å²) in [6.45, 7) is 0.320. The van der Waals surface area contributed by atoms with Crippen LogP contribution in [0.2, 0.25) is 0 Å². The summed E-state index contributed by atoms with van der Waals surface area (Å²) in [6, 6.07) is 17.7. The van der Waals surface area contributed by atoms with Gasteiger partial charge in [0.25, 0.3) is 5.56 Å². The van der Waals surface area contributed by atoms with E-state index in [9.17, 15) is 9.18 Å². The van der Waals surface area contributed by atoms with Crippen LogP contribution in [-0.4, -0.2) is 4.57 Å². The van der Waals surface area contributed by atoms with Gasteiger partial charge in [-0.15, -0.1) is 0 Å². The number of nitrogens with one attached hydrogen (secondary N) is 1. The molecule has 1 heterocycles. The molecule has 23 heavy (non-hydrogen) atoms. The molecule has 5 heteroatoms. The van der Waals surface area contributed by atoms with Crippen molar-refractivity contribution in [2.45, 2.75) is 6.54 Å². The Kier molecular flexibility index (Phi) is 4.57. The Hall–Kier alpha value is -2.40. The number of halogens is 2. The van der Waals surface area contributed by atoms with Gasteiger partial charge in [0.15, 0.2) is 0 Å². The molecule has 3 nitrogen and oxygen atoms in total. The summed E-state index contributed by atoms with van der Waals surface area (Å²) in [6.07, 6.45) is 1.70. The van der Waals surface area contributed by atoms with Gasteiger partial charge in [-0.25, -0.2) is 4.39 Å². The standard InChI is InChI=1S/C18H14BrFN2O/c19-17-16(21-15-7-2-1-3-8-15)9-10-22(18(17)23)12-13-5-4-6-14(20)11-13/h1-11,21H,12H2. The molecule has 0 saturated heterocycles. The number of hydrogen-bond donors (Lipinski definition) is 1. The summed E-state index contributed by atoms with van der Waals surface area (Å²) in [4.78, 5) is 12.5. The van der Waals surface area contributed by atoms with Gasteiger partial charge in [0.05, 0.1) is 12.2 Å². The number of benzene rings is 2. The lowest BCUT2D eigenvalue weighted by atomic mass is 10.2. The summed E-state index contributed by atoms with van der Waals surface area (Å²) in [5.74, 6) is -0.308. The predicted molar refractivity (Wildman–Crippen MR) is 93.6 cm³/mol. The molecular weight excluding hydrogens is 359 g/mol. The molecule has 3 rings (SSSR count). The maximum atomic E-state index is 13.2. The fraction of sp³-hybridized carbons (Fsp3) is 0.0556. The highest BCUT2D eigenvalue weighted by atomic mass is 79.9. The molecule has 0 aliphatic heterocycles. The SMILES string of the molecule is O=c1c(Br)c(Nc2ccccc2)ccn1Cc1cccc(F)c1. The van der Waals surface area contributed by atoms with Gasteiger partial charge >= 0.3 is 0 Å². The first-order valence-electron chi connectivity index (χ1n) is 7.09. The van der Waals surface area contributed by atoms with E-state index in [1.165, 1.54) is 16.7 Å². The second-order valence-electron chi connectivity index (χ2n) is 5.10. The quantitative estimate of drug-likeness (QED) is 0.729. The van der Waals surface area contributed by atoms with Gasteiger partial charge in [-0.05, 0) is 51.8 Å². The lowest BCUT2D eigenvalue weighted by Gasteiger charge is -2.11. The van der Waals surface area contributed by atoms with Crippen molar-refractivity contribution in [1.29, 1.82) is 0 Å². The van der Waals surface area contributed by atoms with Crippen LogP contribution in [0.5, 0.6) is 0 Å². The molecule has 2 aromatic carbocycles. The number of para-hydroxylation sites is 1. The Labute approximate surface area is 141 Å². The number of nitrogens with zero attached hydrogens (tertiary/aromatic N) is 1. The summed E-state index contributed by atoms with van der Waals surface area (Å²) >= 11 is 3.35. The maximum absolute atomic E-state index is 13.2. The molecule has 3 aromatic rings. The van der Waals surface area contributed by atoms with E-state index in [-0.39, 0.29) is 11.4 Å². The van der Waals surface area contributed by atoms with Gasteiger partial charge in [0.1, 0.15) is 10.3 Å². The van der Waals surface area contributed by atoms with E-state index in [4.69, 9.17) is 0 Å². The third-order valence-electron chi connectivity index (χ3n) is 3.40. The minimum atomic E-state index is -0.308. The van der Waals surface area contributed by atoms with E-state index in [0.717, 1.165) is 11.3 Å². The number of hydrogen-bond acceptors (Lipinski definition) is 2. The first-order chi connectivity index (χ1) is 11.1. The van der Waals surface area contributed by atoms with Gasteiger partial charge in [-0.1, -0.05) is 30.3 Å². The normalized spacial score (nSPS) is 10.5. The largest absolute Gasteiger partial charge is 0.354 e. The van der Waals surface area contributed by atoms with Gasteiger partial charge in [0.2, 0.25) is 0 Å². The molecule has 116 valence electrons. The Balaban J connectivity index is 1.87. The van der Waals surface area contributed by atoms with Crippen LogP contribution in [0.15, 0.2) is 76.1 Å². The number of pyridine rings is 1. The zero-order valence-corrected chi connectivity index (χ0v) is 13.8. The fourth-order valence-electron chi connectivity index (χ4n) is 2.28. The topological polar surface area (TPSA) is 34.0 Å². The van der Waals surface area contributed by atoms with Crippen molar-refractivity contribution in [3.05, 3.63) is 93.1 Å². The average Bonchev–Trinajstić information content (AvgIpc) is 2.56. The summed E-state index contributed by atoms with van der Waals surface area (Å²) < 4.78 is 15.2.